The first-order chi connectivity index (χ1) is 11.7. The molecule has 4 rings (SSSR count). The van der Waals surface area contributed by atoms with E-state index in [1.807, 2.05) is 12.4 Å². The normalized spacial score (nSPS) is 11.2. The molecule has 2 nitrogen and oxygen atoms in total. The van der Waals surface area contributed by atoms with Gasteiger partial charge in [-0.3, -0.25) is 9.97 Å². The molecule has 118 valence electrons. The van der Waals surface area contributed by atoms with E-state index in [1.165, 1.54) is 31.7 Å². The molecule has 4 heteroatoms. The minimum Gasteiger partial charge on any atom is -0.255 e. The molecule has 0 amide bonds. The van der Waals surface area contributed by atoms with Crippen molar-refractivity contribution in [3.8, 4) is 0 Å². The Balaban J connectivity index is 1.72. The number of aromatic nitrogens is 2. The minimum atomic E-state index is 1.07. The van der Waals surface area contributed by atoms with Crippen molar-refractivity contribution < 1.29 is 0 Å². The molecule has 0 atom stereocenters. The van der Waals surface area contributed by atoms with Crippen molar-refractivity contribution in [3.63, 3.8) is 0 Å². The maximum Gasteiger partial charge on any atom is 0.0849 e. The van der Waals surface area contributed by atoms with Gasteiger partial charge in [0.25, 0.3) is 0 Å². The fourth-order valence-corrected chi connectivity index (χ4v) is 5.08. The maximum atomic E-state index is 4.58. The van der Waals surface area contributed by atoms with Crippen LogP contribution in [0.2, 0.25) is 0 Å². The molecule has 0 N–H and O–H groups in total. The molecule has 0 saturated carbocycles. The fraction of sp³-hybridized carbons (Fsp3) is 0.100. The molecule has 4 aromatic rings. The number of pyridine rings is 2. The van der Waals surface area contributed by atoms with Crippen LogP contribution in [0.1, 0.15) is 11.1 Å². The Kier molecular flexibility index (Phi) is 4.17. The third kappa shape index (κ3) is 2.76. The van der Waals surface area contributed by atoms with Gasteiger partial charge in [-0.2, -0.15) is 0 Å². The zero-order chi connectivity index (χ0) is 16.5. The number of aryl methyl sites for hydroxylation is 2. The summed E-state index contributed by atoms with van der Waals surface area (Å²) in [7, 11) is 3.49. The number of nitrogens with zero attached hydrogens (tertiary/aromatic N) is 2. The zero-order valence-electron chi connectivity index (χ0n) is 13.5. The number of fused-ring (bicyclic) bond motifs is 2. The van der Waals surface area contributed by atoms with E-state index < -0.39 is 0 Å². The highest BCUT2D eigenvalue weighted by Gasteiger charge is 2.09. The van der Waals surface area contributed by atoms with Crippen molar-refractivity contribution >= 4 is 43.4 Å². The van der Waals surface area contributed by atoms with Gasteiger partial charge in [-0.05, 0) is 49.2 Å². The van der Waals surface area contributed by atoms with E-state index in [9.17, 15) is 0 Å². The topological polar surface area (TPSA) is 25.8 Å². The molecule has 0 bridgehead atoms. The van der Waals surface area contributed by atoms with Crippen molar-refractivity contribution in [1.29, 1.82) is 0 Å². The molecule has 0 saturated heterocycles. The number of para-hydroxylation sites is 2. The quantitative estimate of drug-likeness (QED) is 0.412. The van der Waals surface area contributed by atoms with Crippen LogP contribution >= 0.6 is 21.6 Å². The molecule has 0 aliphatic rings. The van der Waals surface area contributed by atoms with Crippen LogP contribution in [-0.2, 0) is 0 Å². The molecular formula is C20H16N2S2. The molecule has 0 fully saturated rings. The monoisotopic (exact) mass is 348 g/mol. The van der Waals surface area contributed by atoms with Gasteiger partial charge in [-0.1, -0.05) is 45.9 Å². The van der Waals surface area contributed by atoms with E-state index in [-0.39, 0.29) is 0 Å². The number of hydrogen-bond acceptors (Lipinski definition) is 4. The van der Waals surface area contributed by atoms with Crippen molar-refractivity contribution in [2.24, 2.45) is 0 Å². The Hall–Kier alpha value is -2.04. The van der Waals surface area contributed by atoms with Crippen LogP contribution in [0.3, 0.4) is 0 Å². The first kappa shape index (κ1) is 15.5. The molecule has 0 spiro atoms. The maximum absolute atomic E-state index is 4.58. The molecule has 24 heavy (non-hydrogen) atoms. The Morgan fingerprint density at radius 2 is 1.08 bits per heavy atom. The summed E-state index contributed by atoms with van der Waals surface area (Å²) in [5.41, 5.74) is 4.66. The molecule has 2 heterocycles. The second-order valence-corrected chi connectivity index (χ2v) is 7.94. The van der Waals surface area contributed by atoms with Gasteiger partial charge < -0.3 is 0 Å². The van der Waals surface area contributed by atoms with Crippen molar-refractivity contribution in [3.05, 3.63) is 72.1 Å². The second kappa shape index (κ2) is 6.46. The largest absolute Gasteiger partial charge is 0.255 e. The summed E-state index contributed by atoms with van der Waals surface area (Å²) >= 11 is 0. The molecule has 0 aliphatic heterocycles. The summed E-state index contributed by atoms with van der Waals surface area (Å²) in [6.07, 6.45) is 3.77. The third-order valence-corrected chi connectivity index (χ3v) is 6.55. The predicted octanol–water partition coefficient (Wildman–Crippen LogP) is 6.20. The Labute approximate surface area is 149 Å². The molecule has 2 aromatic heterocycles. The van der Waals surface area contributed by atoms with Crippen LogP contribution in [-0.4, -0.2) is 9.97 Å². The molecular weight excluding hydrogens is 332 g/mol. The van der Waals surface area contributed by atoms with E-state index in [0.717, 1.165) is 11.0 Å². The molecule has 0 aliphatic carbocycles. The summed E-state index contributed by atoms with van der Waals surface area (Å²) < 4.78 is 0. The molecule has 0 radical (unpaired) electrons. The SMILES string of the molecule is Cc1ccnc2c(SSc3cccc4c(C)ccnc34)cccc12. The molecule has 0 unspecified atom stereocenters. The highest BCUT2D eigenvalue weighted by atomic mass is 33.1. The highest BCUT2D eigenvalue weighted by Crippen LogP contribution is 2.42. The highest BCUT2D eigenvalue weighted by molar-refractivity contribution is 8.76. The van der Waals surface area contributed by atoms with Gasteiger partial charge >= 0.3 is 0 Å². The van der Waals surface area contributed by atoms with E-state index in [1.54, 1.807) is 21.6 Å². The minimum absolute atomic E-state index is 1.07. The van der Waals surface area contributed by atoms with Gasteiger partial charge in [0.2, 0.25) is 0 Å². The van der Waals surface area contributed by atoms with Gasteiger partial charge in [-0.15, -0.1) is 0 Å². The van der Waals surface area contributed by atoms with Crippen molar-refractivity contribution in [2.75, 3.05) is 0 Å². The lowest BCUT2D eigenvalue weighted by Crippen LogP contribution is -1.85. The number of benzene rings is 2. The summed E-state index contributed by atoms with van der Waals surface area (Å²) in [6, 6.07) is 16.9. The average Bonchev–Trinajstić information content (AvgIpc) is 2.61. The van der Waals surface area contributed by atoms with Crippen LogP contribution in [0.25, 0.3) is 21.8 Å². The van der Waals surface area contributed by atoms with Gasteiger partial charge in [0.05, 0.1) is 11.0 Å². The summed E-state index contributed by atoms with van der Waals surface area (Å²) in [4.78, 5) is 11.5. The van der Waals surface area contributed by atoms with Gasteiger partial charge in [-0.25, -0.2) is 0 Å². The van der Waals surface area contributed by atoms with E-state index in [2.05, 4.69) is 72.3 Å². The lowest BCUT2D eigenvalue weighted by atomic mass is 10.1. The van der Waals surface area contributed by atoms with Gasteiger partial charge in [0.15, 0.2) is 0 Å². The number of rotatable bonds is 3. The van der Waals surface area contributed by atoms with E-state index >= 15 is 0 Å². The van der Waals surface area contributed by atoms with E-state index in [4.69, 9.17) is 0 Å². The van der Waals surface area contributed by atoms with Crippen LogP contribution in [0.5, 0.6) is 0 Å². The Morgan fingerprint density at radius 3 is 1.54 bits per heavy atom. The van der Waals surface area contributed by atoms with Gasteiger partial charge in [0, 0.05) is 33.0 Å². The van der Waals surface area contributed by atoms with Gasteiger partial charge in [0.1, 0.15) is 0 Å². The first-order valence-corrected chi connectivity index (χ1v) is 9.92. The predicted molar refractivity (Wildman–Crippen MR) is 105 cm³/mol. The van der Waals surface area contributed by atoms with E-state index in [0.29, 0.717) is 0 Å². The Morgan fingerprint density at radius 1 is 0.625 bits per heavy atom. The fourth-order valence-electron chi connectivity index (χ4n) is 2.80. The van der Waals surface area contributed by atoms with Crippen molar-refractivity contribution in [1.82, 2.24) is 9.97 Å². The smallest absolute Gasteiger partial charge is 0.0849 e. The second-order valence-electron chi connectivity index (χ2n) is 5.73. The summed E-state index contributed by atoms with van der Waals surface area (Å²) in [6.45, 7) is 4.26. The number of hydrogen-bond donors (Lipinski definition) is 0. The summed E-state index contributed by atoms with van der Waals surface area (Å²) in [5, 5.41) is 2.44. The van der Waals surface area contributed by atoms with Crippen LogP contribution < -0.4 is 0 Å². The lowest BCUT2D eigenvalue weighted by Gasteiger charge is -2.09. The van der Waals surface area contributed by atoms with Crippen molar-refractivity contribution in [2.45, 2.75) is 23.6 Å². The standard InChI is InChI=1S/C20H16N2S2/c1-13-9-11-21-19-15(13)5-3-7-17(19)23-24-18-8-4-6-16-14(2)10-12-22-20(16)18/h3-12H,1-2H3. The van der Waals surface area contributed by atoms with Crippen LogP contribution in [0, 0.1) is 13.8 Å². The third-order valence-electron chi connectivity index (χ3n) is 4.13. The Bertz CT molecular complexity index is 959. The summed E-state index contributed by atoms with van der Waals surface area (Å²) in [5.74, 6) is 0. The lowest BCUT2D eigenvalue weighted by molar-refractivity contribution is 1.32. The average molecular weight is 348 g/mol. The first-order valence-electron chi connectivity index (χ1n) is 7.77. The zero-order valence-corrected chi connectivity index (χ0v) is 15.1. The van der Waals surface area contributed by atoms with Crippen LogP contribution in [0.15, 0.2) is 70.7 Å². The van der Waals surface area contributed by atoms with Crippen LogP contribution in [0.4, 0.5) is 0 Å². The molecule has 2 aromatic carbocycles.